The molecule has 11 heavy (non-hydrogen) atoms. The Bertz CT molecular complexity index is 70.9. The molecule has 0 aromatic rings. The predicted molar refractivity (Wildman–Crippen MR) is 51.9 cm³/mol. The number of hydrogen-bond acceptors (Lipinski definition) is 1. The Hall–Kier alpha value is -0.0400. The average molecular weight is 157 g/mol. The molecule has 0 radical (unpaired) electrons. The van der Waals surface area contributed by atoms with E-state index in [1.165, 1.54) is 32.4 Å². The van der Waals surface area contributed by atoms with Crippen LogP contribution in [-0.4, -0.2) is 25.0 Å². The summed E-state index contributed by atoms with van der Waals surface area (Å²) < 4.78 is 0. The highest BCUT2D eigenvalue weighted by Gasteiger charge is 2.03. The first-order valence-electron chi connectivity index (χ1n) is 4.89. The van der Waals surface area contributed by atoms with Crippen LogP contribution in [0.25, 0.3) is 0 Å². The van der Waals surface area contributed by atoms with E-state index < -0.39 is 0 Å². The summed E-state index contributed by atoms with van der Waals surface area (Å²) in [6, 6.07) is 0. The van der Waals surface area contributed by atoms with Crippen molar-refractivity contribution in [3.05, 3.63) is 0 Å². The first kappa shape index (κ1) is 11.0. The summed E-state index contributed by atoms with van der Waals surface area (Å²) in [7, 11) is 2.22. The molecule has 1 heteroatoms. The minimum atomic E-state index is 0.872. The molecule has 0 aliphatic rings. The molecule has 0 amide bonds. The summed E-state index contributed by atoms with van der Waals surface area (Å²) in [5, 5.41) is 0. The fourth-order valence-corrected chi connectivity index (χ4v) is 1.59. The van der Waals surface area contributed by atoms with E-state index in [9.17, 15) is 0 Å². The topological polar surface area (TPSA) is 3.24 Å². The zero-order valence-corrected chi connectivity index (χ0v) is 8.56. The van der Waals surface area contributed by atoms with Crippen LogP contribution in [0, 0.1) is 5.92 Å². The van der Waals surface area contributed by atoms with Crippen molar-refractivity contribution in [1.82, 2.24) is 4.90 Å². The van der Waals surface area contributed by atoms with Crippen LogP contribution >= 0.6 is 0 Å². The molecule has 0 heterocycles. The van der Waals surface area contributed by atoms with Gasteiger partial charge in [0.1, 0.15) is 0 Å². The van der Waals surface area contributed by atoms with Crippen molar-refractivity contribution < 1.29 is 0 Å². The second-order valence-electron chi connectivity index (χ2n) is 3.66. The Labute approximate surface area is 71.8 Å². The van der Waals surface area contributed by atoms with Crippen molar-refractivity contribution in [2.45, 2.75) is 40.0 Å². The van der Waals surface area contributed by atoms with Gasteiger partial charge in [-0.2, -0.15) is 0 Å². The lowest BCUT2D eigenvalue weighted by Gasteiger charge is -2.19. The van der Waals surface area contributed by atoms with Gasteiger partial charge in [0.15, 0.2) is 0 Å². The molecular formula is C10H23N. The SMILES string of the molecule is CCC[C@@H](C)CN(C)CCC. The summed E-state index contributed by atoms with van der Waals surface area (Å²) >= 11 is 0. The second kappa shape index (κ2) is 6.66. The van der Waals surface area contributed by atoms with Gasteiger partial charge < -0.3 is 4.90 Å². The van der Waals surface area contributed by atoms with Crippen molar-refractivity contribution in [2.75, 3.05) is 20.1 Å². The molecule has 1 nitrogen and oxygen atoms in total. The number of nitrogens with zero attached hydrogens (tertiary/aromatic N) is 1. The van der Waals surface area contributed by atoms with Crippen LogP contribution in [0.4, 0.5) is 0 Å². The van der Waals surface area contributed by atoms with Crippen LogP contribution < -0.4 is 0 Å². The average Bonchev–Trinajstić information content (AvgIpc) is 1.87. The summed E-state index contributed by atoms with van der Waals surface area (Å²) in [5.74, 6) is 0.872. The maximum Gasteiger partial charge on any atom is 0.000396 e. The van der Waals surface area contributed by atoms with Crippen molar-refractivity contribution in [2.24, 2.45) is 5.92 Å². The highest BCUT2D eigenvalue weighted by molar-refractivity contribution is 4.57. The summed E-state index contributed by atoms with van der Waals surface area (Å²) in [4.78, 5) is 2.43. The standard InChI is InChI=1S/C10H23N/c1-5-7-10(3)9-11(4)8-6-2/h10H,5-9H2,1-4H3/t10-/m1/s1. The third kappa shape index (κ3) is 6.36. The van der Waals surface area contributed by atoms with Gasteiger partial charge in [-0.15, -0.1) is 0 Å². The molecule has 0 aromatic heterocycles. The maximum atomic E-state index is 2.43. The van der Waals surface area contributed by atoms with Crippen molar-refractivity contribution in [3.8, 4) is 0 Å². The molecule has 0 unspecified atom stereocenters. The molecule has 0 saturated heterocycles. The highest BCUT2D eigenvalue weighted by Crippen LogP contribution is 2.06. The van der Waals surface area contributed by atoms with Crippen molar-refractivity contribution in [3.63, 3.8) is 0 Å². The Morgan fingerprint density at radius 1 is 1.18 bits per heavy atom. The summed E-state index contributed by atoms with van der Waals surface area (Å²) in [5.41, 5.74) is 0. The minimum Gasteiger partial charge on any atom is -0.306 e. The number of rotatable bonds is 6. The summed E-state index contributed by atoms with van der Waals surface area (Å²) in [6.45, 7) is 9.35. The Kier molecular flexibility index (Phi) is 6.63. The van der Waals surface area contributed by atoms with Gasteiger partial charge >= 0.3 is 0 Å². The maximum absolute atomic E-state index is 2.43. The fourth-order valence-electron chi connectivity index (χ4n) is 1.59. The first-order valence-corrected chi connectivity index (χ1v) is 4.89. The molecule has 0 aliphatic carbocycles. The molecule has 0 fully saturated rings. The van der Waals surface area contributed by atoms with E-state index in [0.717, 1.165) is 5.92 Å². The lowest BCUT2D eigenvalue weighted by molar-refractivity contribution is 0.278. The van der Waals surface area contributed by atoms with Gasteiger partial charge in [0, 0.05) is 6.54 Å². The molecule has 0 N–H and O–H groups in total. The zero-order valence-electron chi connectivity index (χ0n) is 8.56. The minimum absolute atomic E-state index is 0.872. The van der Waals surface area contributed by atoms with Crippen LogP contribution in [0.1, 0.15) is 40.0 Å². The largest absolute Gasteiger partial charge is 0.306 e. The van der Waals surface area contributed by atoms with Gasteiger partial charge in [-0.3, -0.25) is 0 Å². The van der Waals surface area contributed by atoms with Crippen LogP contribution in [-0.2, 0) is 0 Å². The van der Waals surface area contributed by atoms with Gasteiger partial charge in [0.2, 0.25) is 0 Å². The number of hydrogen-bond donors (Lipinski definition) is 0. The molecular weight excluding hydrogens is 134 g/mol. The highest BCUT2D eigenvalue weighted by atomic mass is 15.1. The van der Waals surface area contributed by atoms with Gasteiger partial charge in [0.25, 0.3) is 0 Å². The van der Waals surface area contributed by atoms with Gasteiger partial charge in [0.05, 0.1) is 0 Å². The molecule has 68 valence electrons. The van der Waals surface area contributed by atoms with Gasteiger partial charge in [-0.25, -0.2) is 0 Å². The smallest absolute Gasteiger partial charge is 0.000396 e. The van der Waals surface area contributed by atoms with Crippen LogP contribution in [0.5, 0.6) is 0 Å². The molecule has 0 aliphatic heterocycles. The van der Waals surface area contributed by atoms with E-state index in [1.54, 1.807) is 0 Å². The second-order valence-corrected chi connectivity index (χ2v) is 3.66. The van der Waals surface area contributed by atoms with E-state index in [0.29, 0.717) is 0 Å². The van der Waals surface area contributed by atoms with Crippen molar-refractivity contribution in [1.29, 1.82) is 0 Å². The van der Waals surface area contributed by atoms with Crippen molar-refractivity contribution >= 4 is 0 Å². The monoisotopic (exact) mass is 157 g/mol. The zero-order chi connectivity index (χ0) is 8.69. The molecule has 0 rings (SSSR count). The fraction of sp³-hybridized carbons (Fsp3) is 1.00. The van der Waals surface area contributed by atoms with E-state index in [-0.39, 0.29) is 0 Å². The molecule has 0 aromatic carbocycles. The lowest BCUT2D eigenvalue weighted by Crippen LogP contribution is -2.24. The van der Waals surface area contributed by atoms with E-state index in [2.05, 4.69) is 32.7 Å². The summed E-state index contributed by atoms with van der Waals surface area (Å²) in [6.07, 6.45) is 3.96. The van der Waals surface area contributed by atoms with Gasteiger partial charge in [-0.1, -0.05) is 27.2 Å². The third-order valence-electron chi connectivity index (χ3n) is 2.01. The van der Waals surface area contributed by atoms with E-state index in [1.807, 2.05) is 0 Å². The Morgan fingerprint density at radius 3 is 2.27 bits per heavy atom. The molecule has 0 spiro atoms. The van der Waals surface area contributed by atoms with E-state index >= 15 is 0 Å². The van der Waals surface area contributed by atoms with Crippen LogP contribution in [0.2, 0.25) is 0 Å². The van der Waals surface area contributed by atoms with E-state index in [4.69, 9.17) is 0 Å². The van der Waals surface area contributed by atoms with Crippen LogP contribution in [0.15, 0.2) is 0 Å². The Morgan fingerprint density at radius 2 is 1.82 bits per heavy atom. The van der Waals surface area contributed by atoms with Gasteiger partial charge in [-0.05, 0) is 32.4 Å². The normalized spacial score (nSPS) is 13.9. The predicted octanol–water partition coefficient (Wildman–Crippen LogP) is 2.76. The molecule has 0 bridgehead atoms. The molecule has 0 saturated carbocycles. The quantitative estimate of drug-likeness (QED) is 0.573. The Balaban J connectivity index is 3.32. The third-order valence-corrected chi connectivity index (χ3v) is 2.01. The van der Waals surface area contributed by atoms with Crippen LogP contribution in [0.3, 0.4) is 0 Å². The molecule has 1 atom stereocenters. The lowest BCUT2D eigenvalue weighted by atomic mass is 10.1. The first-order chi connectivity index (χ1) is 5.20.